The van der Waals surface area contributed by atoms with Crippen LogP contribution in [-0.2, 0) is 11.3 Å². The first kappa shape index (κ1) is 16.4. The quantitative estimate of drug-likeness (QED) is 0.773. The van der Waals surface area contributed by atoms with E-state index in [2.05, 4.69) is 29.1 Å². The molecule has 0 atom stereocenters. The van der Waals surface area contributed by atoms with Crippen molar-refractivity contribution in [1.29, 1.82) is 0 Å². The van der Waals surface area contributed by atoms with Gasteiger partial charge in [-0.15, -0.1) is 11.3 Å². The van der Waals surface area contributed by atoms with Crippen molar-refractivity contribution in [3.63, 3.8) is 0 Å². The largest absolute Gasteiger partial charge is 0.360 e. The smallest absolute Gasteiger partial charge is 0.241 e. The molecule has 1 N–H and O–H groups in total. The van der Waals surface area contributed by atoms with Gasteiger partial charge in [0.05, 0.1) is 11.9 Å². The van der Waals surface area contributed by atoms with Gasteiger partial charge in [-0.2, -0.15) is 0 Å². The van der Waals surface area contributed by atoms with Crippen LogP contribution in [0.2, 0.25) is 0 Å². The third-order valence-corrected chi connectivity index (χ3v) is 5.18. The predicted octanol–water partition coefficient (Wildman–Crippen LogP) is 3.38. The Morgan fingerprint density at radius 2 is 1.96 bits per heavy atom. The zero-order valence-corrected chi connectivity index (χ0v) is 14.9. The maximum atomic E-state index is 12.4. The summed E-state index contributed by atoms with van der Waals surface area (Å²) in [5.74, 6) is 0.749. The fraction of sp³-hybridized carbons (Fsp3) is 0.278. The van der Waals surface area contributed by atoms with Crippen LogP contribution in [0.15, 0.2) is 36.7 Å². The number of nitrogens with zero attached hydrogens (tertiary/aromatic N) is 3. The molecule has 0 aliphatic carbocycles. The summed E-state index contributed by atoms with van der Waals surface area (Å²) >= 11 is 1.65. The maximum absolute atomic E-state index is 12.4. The fourth-order valence-corrected chi connectivity index (χ4v) is 3.55. The predicted molar refractivity (Wildman–Crippen MR) is 98.3 cm³/mol. The number of amides is 1. The molecule has 0 saturated heterocycles. The summed E-state index contributed by atoms with van der Waals surface area (Å²) in [5, 5.41) is 4.19. The standard InChI is InChI=1S/C18H20N4OS/c1-12-13(2)24-18-16(12)17(20-11-21-18)19-9-15(23)22(3)10-14-7-5-4-6-8-14/h4-8,11H,9-10H2,1-3H3,(H,19,20,21). The number of likely N-dealkylation sites (N-methyl/N-ethyl adjacent to an activating group) is 1. The Hall–Kier alpha value is -2.47. The number of aryl methyl sites for hydroxylation is 2. The highest BCUT2D eigenvalue weighted by molar-refractivity contribution is 7.18. The van der Waals surface area contributed by atoms with Crippen LogP contribution < -0.4 is 5.32 Å². The van der Waals surface area contributed by atoms with E-state index < -0.39 is 0 Å². The first-order valence-electron chi connectivity index (χ1n) is 7.78. The number of carbonyl (C=O) groups excluding carboxylic acids is 1. The summed E-state index contributed by atoms with van der Waals surface area (Å²) < 4.78 is 0. The minimum Gasteiger partial charge on any atom is -0.360 e. The number of thiophene rings is 1. The number of fused-ring (bicyclic) bond motifs is 1. The Morgan fingerprint density at radius 3 is 2.71 bits per heavy atom. The van der Waals surface area contributed by atoms with Gasteiger partial charge in [-0.05, 0) is 25.0 Å². The summed E-state index contributed by atoms with van der Waals surface area (Å²) in [5.41, 5.74) is 2.28. The number of hydrogen-bond acceptors (Lipinski definition) is 5. The Labute approximate surface area is 145 Å². The number of nitrogens with one attached hydrogen (secondary N) is 1. The Kier molecular flexibility index (Phi) is 4.76. The molecular weight excluding hydrogens is 320 g/mol. The second kappa shape index (κ2) is 6.97. The average molecular weight is 340 g/mol. The van der Waals surface area contributed by atoms with Crippen LogP contribution in [0.25, 0.3) is 10.2 Å². The Morgan fingerprint density at radius 1 is 1.21 bits per heavy atom. The van der Waals surface area contributed by atoms with Gasteiger partial charge in [0, 0.05) is 18.5 Å². The van der Waals surface area contributed by atoms with Crippen molar-refractivity contribution in [2.24, 2.45) is 0 Å². The van der Waals surface area contributed by atoms with E-state index in [9.17, 15) is 4.79 Å². The summed E-state index contributed by atoms with van der Waals surface area (Å²) in [4.78, 5) is 24.9. The summed E-state index contributed by atoms with van der Waals surface area (Å²) in [6, 6.07) is 9.96. The molecule has 0 spiro atoms. The molecule has 5 nitrogen and oxygen atoms in total. The molecule has 0 bridgehead atoms. The summed E-state index contributed by atoms with van der Waals surface area (Å²) in [6.07, 6.45) is 1.54. The van der Waals surface area contributed by atoms with Gasteiger partial charge in [0.15, 0.2) is 0 Å². The highest BCUT2D eigenvalue weighted by Crippen LogP contribution is 2.32. The van der Waals surface area contributed by atoms with E-state index in [4.69, 9.17) is 0 Å². The van der Waals surface area contributed by atoms with Gasteiger partial charge in [-0.3, -0.25) is 4.79 Å². The van der Waals surface area contributed by atoms with Gasteiger partial charge in [0.25, 0.3) is 0 Å². The van der Waals surface area contributed by atoms with E-state index in [1.807, 2.05) is 37.4 Å². The fourth-order valence-electron chi connectivity index (χ4n) is 2.56. The SMILES string of the molecule is Cc1sc2ncnc(NCC(=O)N(C)Cc3ccccc3)c2c1C. The van der Waals surface area contributed by atoms with Crippen LogP contribution in [-0.4, -0.2) is 34.4 Å². The first-order chi connectivity index (χ1) is 11.6. The first-order valence-corrected chi connectivity index (χ1v) is 8.60. The minimum absolute atomic E-state index is 0.0234. The molecule has 24 heavy (non-hydrogen) atoms. The van der Waals surface area contributed by atoms with Crippen LogP contribution in [0, 0.1) is 13.8 Å². The molecule has 0 aliphatic rings. The lowest BCUT2D eigenvalue weighted by Gasteiger charge is -2.18. The lowest BCUT2D eigenvalue weighted by molar-refractivity contribution is -0.128. The Balaban J connectivity index is 1.68. The molecule has 3 rings (SSSR count). The van der Waals surface area contributed by atoms with Crippen LogP contribution in [0.4, 0.5) is 5.82 Å². The lowest BCUT2D eigenvalue weighted by Crippen LogP contribution is -2.31. The second-order valence-electron chi connectivity index (χ2n) is 5.77. The van der Waals surface area contributed by atoms with Crippen LogP contribution in [0.1, 0.15) is 16.0 Å². The second-order valence-corrected chi connectivity index (χ2v) is 6.98. The molecule has 3 aromatic rings. The molecule has 2 heterocycles. The molecule has 0 unspecified atom stereocenters. The molecule has 2 aromatic heterocycles. The number of anilines is 1. The van der Waals surface area contributed by atoms with E-state index in [-0.39, 0.29) is 12.5 Å². The molecule has 6 heteroatoms. The van der Waals surface area contributed by atoms with Gasteiger partial charge < -0.3 is 10.2 Å². The van der Waals surface area contributed by atoms with Crippen molar-refractivity contribution >= 4 is 33.3 Å². The number of benzene rings is 1. The number of hydrogen-bond donors (Lipinski definition) is 1. The normalized spacial score (nSPS) is 10.8. The van der Waals surface area contributed by atoms with Gasteiger partial charge in [-0.1, -0.05) is 30.3 Å². The third kappa shape index (κ3) is 3.38. The highest BCUT2D eigenvalue weighted by atomic mass is 32.1. The third-order valence-electron chi connectivity index (χ3n) is 4.06. The van der Waals surface area contributed by atoms with Crippen LogP contribution >= 0.6 is 11.3 Å². The monoisotopic (exact) mass is 340 g/mol. The van der Waals surface area contributed by atoms with Crippen molar-refractivity contribution in [3.05, 3.63) is 52.7 Å². The number of aromatic nitrogens is 2. The topological polar surface area (TPSA) is 58.1 Å². The van der Waals surface area contributed by atoms with Gasteiger partial charge in [0.2, 0.25) is 5.91 Å². The van der Waals surface area contributed by atoms with E-state index in [0.717, 1.165) is 21.6 Å². The Bertz CT molecular complexity index is 860. The van der Waals surface area contributed by atoms with Crippen molar-refractivity contribution in [1.82, 2.24) is 14.9 Å². The molecular formula is C18H20N4OS. The zero-order chi connectivity index (χ0) is 17.1. The van der Waals surface area contributed by atoms with Crippen molar-refractivity contribution < 1.29 is 4.79 Å². The maximum Gasteiger partial charge on any atom is 0.241 e. The van der Waals surface area contributed by atoms with Gasteiger partial charge in [-0.25, -0.2) is 9.97 Å². The van der Waals surface area contributed by atoms with Gasteiger partial charge >= 0.3 is 0 Å². The van der Waals surface area contributed by atoms with E-state index >= 15 is 0 Å². The van der Waals surface area contributed by atoms with E-state index in [1.165, 1.54) is 16.8 Å². The molecule has 124 valence electrons. The van der Waals surface area contributed by atoms with Crippen LogP contribution in [0.5, 0.6) is 0 Å². The van der Waals surface area contributed by atoms with Crippen molar-refractivity contribution in [2.45, 2.75) is 20.4 Å². The van der Waals surface area contributed by atoms with E-state index in [0.29, 0.717) is 6.54 Å². The number of rotatable bonds is 5. The average Bonchev–Trinajstić information content (AvgIpc) is 2.88. The zero-order valence-electron chi connectivity index (χ0n) is 14.0. The molecule has 0 fully saturated rings. The summed E-state index contributed by atoms with van der Waals surface area (Å²) in [6.45, 7) is 4.94. The molecule has 1 aromatic carbocycles. The van der Waals surface area contributed by atoms with Crippen molar-refractivity contribution in [3.8, 4) is 0 Å². The minimum atomic E-state index is 0.0234. The lowest BCUT2D eigenvalue weighted by atomic mass is 10.2. The van der Waals surface area contributed by atoms with Crippen LogP contribution in [0.3, 0.4) is 0 Å². The van der Waals surface area contributed by atoms with E-state index in [1.54, 1.807) is 16.2 Å². The number of carbonyl (C=O) groups is 1. The molecule has 0 saturated carbocycles. The van der Waals surface area contributed by atoms with Gasteiger partial charge in [0.1, 0.15) is 17.0 Å². The van der Waals surface area contributed by atoms with Crippen molar-refractivity contribution in [2.75, 3.05) is 18.9 Å². The highest BCUT2D eigenvalue weighted by Gasteiger charge is 2.14. The summed E-state index contributed by atoms with van der Waals surface area (Å²) in [7, 11) is 1.81. The molecule has 0 radical (unpaired) electrons. The molecule has 0 aliphatic heterocycles. The molecule has 1 amide bonds.